The van der Waals surface area contributed by atoms with E-state index in [0.29, 0.717) is 17.0 Å². The number of rotatable bonds is 4. The molecule has 136 valence electrons. The third kappa shape index (κ3) is 3.48. The van der Waals surface area contributed by atoms with Crippen molar-refractivity contribution in [1.29, 1.82) is 0 Å². The molecule has 0 saturated heterocycles. The van der Waals surface area contributed by atoms with E-state index in [9.17, 15) is 14.7 Å². The van der Waals surface area contributed by atoms with Crippen LogP contribution in [0.3, 0.4) is 0 Å². The first-order valence-electron chi connectivity index (χ1n) is 8.19. The highest BCUT2D eigenvalue weighted by atomic mass is 79.9. The van der Waals surface area contributed by atoms with Crippen molar-refractivity contribution < 1.29 is 19.4 Å². The van der Waals surface area contributed by atoms with E-state index in [1.54, 1.807) is 5.38 Å². The minimum absolute atomic E-state index is 0.0891. The summed E-state index contributed by atoms with van der Waals surface area (Å²) in [4.78, 5) is 25.1. The summed E-state index contributed by atoms with van der Waals surface area (Å²) in [6.45, 7) is 0. The van der Waals surface area contributed by atoms with Crippen LogP contribution in [0.25, 0.3) is 10.4 Å². The lowest BCUT2D eigenvalue weighted by atomic mass is 10.1. The van der Waals surface area contributed by atoms with Gasteiger partial charge in [-0.2, -0.15) is 0 Å². The molecule has 1 aliphatic heterocycles. The van der Waals surface area contributed by atoms with E-state index in [4.69, 9.17) is 4.74 Å². The highest BCUT2D eigenvalue weighted by Gasteiger charge is 2.30. The van der Waals surface area contributed by atoms with Crippen molar-refractivity contribution in [2.24, 2.45) is 0 Å². The zero-order valence-corrected chi connectivity index (χ0v) is 16.3. The Bertz CT molecular complexity index is 1000. The number of carbonyl (C=O) groups is 2. The molecule has 2 aromatic carbocycles. The van der Waals surface area contributed by atoms with Gasteiger partial charge in [0.2, 0.25) is 0 Å². The second kappa shape index (κ2) is 7.17. The SMILES string of the molecule is O=C(O)c1c(NC(=O)C2Cc3ccccc3O2)csc1-c1ccc(Br)cc1. The van der Waals surface area contributed by atoms with E-state index in [-0.39, 0.29) is 17.2 Å². The first kappa shape index (κ1) is 17.8. The molecule has 0 aliphatic carbocycles. The van der Waals surface area contributed by atoms with Crippen LogP contribution in [0.1, 0.15) is 15.9 Å². The number of carbonyl (C=O) groups excluding carboxylic acids is 1. The second-order valence-electron chi connectivity index (χ2n) is 6.07. The fraction of sp³-hybridized carbons (Fsp3) is 0.100. The third-order valence-corrected chi connectivity index (χ3v) is 5.87. The Balaban J connectivity index is 1.58. The number of aromatic carboxylic acids is 1. The van der Waals surface area contributed by atoms with Gasteiger partial charge in [-0.05, 0) is 29.3 Å². The maximum atomic E-state index is 12.6. The topological polar surface area (TPSA) is 75.6 Å². The molecule has 1 aliphatic rings. The Labute approximate surface area is 167 Å². The number of carboxylic acid groups (broad SMARTS) is 1. The monoisotopic (exact) mass is 443 g/mol. The molecule has 0 spiro atoms. The maximum absolute atomic E-state index is 12.6. The van der Waals surface area contributed by atoms with E-state index >= 15 is 0 Å². The Hall–Kier alpha value is -2.64. The van der Waals surface area contributed by atoms with Crippen molar-refractivity contribution in [1.82, 2.24) is 0 Å². The van der Waals surface area contributed by atoms with Crippen LogP contribution in [0.5, 0.6) is 5.75 Å². The number of amides is 1. The molecule has 0 fully saturated rings. The number of para-hydroxylation sites is 1. The van der Waals surface area contributed by atoms with Crippen molar-refractivity contribution >= 4 is 44.8 Å². The molecule has 0 radical (unpaired) electrons. The van der Waals surface area contributed by atoms with Gasteiger partial charge in [-0.1, -0.05) is 46.3 Å². The Morgan fingerprint density at radius 2 is 1.89 bits per heavy atom. The molecule has 1 unspecified atom stereocenters. The maximum Gasteiger partial charge on any atom is 0.339 e. The van der Waals surface area contributed by atoms with Crippen LogP contribution in [0.15, 0.2) is 58.4 Å². The van der Waals surface area contributed by atoms with Gasteiger partial charge < -0.3 is 15.2 Å². The fourth-order valence-corrected chi connectivity index (χ4v) is 4.28. The highest BCUT2D eigenvalue weighted by molar-refractivity contribution is 9.10. The van der Waals surface area contributed by atoms with Crippen molar-refractivity contribution in [3.63, 3.8) is 0 Å². The molecule has 2 N–H and O–H groups in total. The molecular weight excluding hydrogens is 430 g/mol. The van der Waals surface area contributed by atoms with Crippen LogP contribution in [0.4, 0.5) is 5.69 Å². The molecular formula is C20H14BrNO4S. The summed E-state index contributed by atoms with van der Waals surface area (Å²) in [5.74, 6) is -0.745. The largest absolute Gasteiger partial charge is 0.480 e. The van der Waals surface area contributed by atoms with Crippen LogP contribution >= 0.6 is 27.3 Å². The van der Waals surface area contributed by atoms with Crippen LogP contribution in [-0.4, -0.2) is 23.1 Å². The zero-order valence-electron chi connectivity index (χ0n) is 13.9. The molecule has 0 bridgehead atoms. The number of hydrogen-bond acceptors (Lipinski definition) is 4. The minimum atomic E-state index is -1.08. The summed E-state index contributed by atoms with van der Waals surface area (Å²) >= 11 is 4.65. The Morgan fingerprint density at radius 1 is 1.15 bits per heavy atom. The quantitative estimate of drug-likeness (QED) is 0.605. The third-order valence-electron chi connectivity index (χ3n) is 4.31. The molecule has 27 heavy (non-hydrogen) atoms. The lowest BCUT2D eigenvalue weighted by Crippen LogP contribution is -2.31. The Morgan fingerprint density at radius 3 is 2.59 bits per heavy atom. The molecule has 4 rings (SSSR count). The van der Waals surface area contributed by atoms with Gasteiger partial charge in [0.25, 0.3) is 5.91 Å². The molecule has 1 atom stereocenters. The number of thiophene rings is 1. The number of carboxylic acids is 1. The molecule has 5 nitrogen and oxygen atoms in total. The van der Waals surface area contributed by atoms with Gasteiger partial charge in [0.1, 0.15) is 11.3 Å². The standard InChI is InChI=1S/C20H14BrNO4S/c21-13-7-5-11(6-8-13)18-17(20(24)25)14(10-27-18)22-19(23)16-9-12-3-1-2-4-15(12)26-16/h1-8,10,16H,9H2,(H,22,23)(H,24,25). The van der Waals surface area contributed by atoms with Crippen LogP contribution in [0.2, 0.25) is 0 Å². The number of hydrogen-bond donors (Lipinski definition) is 2. The van der Waals surface area contributed by atoms with Gasteiger partial charge in [0.05, 0.1) is 10.6 Å². The fourth-order valence-electron chi connectivity index (χ4n) is 3.02. The van der Waals surface area contributed by atoms with E-state index in [2.05, 4.69) is 21.2 Å². The number of fused-ring (bicyclic) bond motifs is 1. The first-order valence-corrected chi connectivity index (χ1v) is 9.86. The Kier molecular flexibility index (Phi) is 4.72. The van der Waals surface area contributed by atoms with E-state index in [1.807, 2.05) is 48.5 Å². The lowest BCUT2D eigenvalue weighted by Gasteiger charge is -2.11. The van der Waals surface area contributed by atoms with Gasteiger partial charge in [0, 0.05) is 16.3 Å². The molecule has 3 aromatic rings. The van der Waals surface area contributed by atoms with E-state index < -0.39 is 12.1 Å². The summed E-state index contributed by atoms with van der Waals surface area (Å²) in [5.41, 5.74) is 2.13. The van der Waals surface area contributed by atoms with Crippen molar-refractivity contribution in [3.05, 3.63) is 69.5 Å². The summed E-state index contributed by atoms with van der Waals surface area (Å²) in [6, 6.07) is 14.9. The molecule has 2 heterocycles. The van der Waals surface area contributed by atoms with Crippen molar-refractivity contribution in [3.8, 4) is 16.2 Å². The van der Waals surface area contributed by atoms with E-state index in [1.165, 1.54) is 11.3 Å². The molecule has 1 amide bonds. The van der Waals surface area contributed by atoms with Gasteiger partial charge >= 0.3 is 5.97 Å². The lowest BCUT2D eigenvalue weighted by molar-refractivity contribution is -0.122. The van der Waals surface area contributed by atoms with Crippen LogP contribution in [-0.2, 0) is 11.2 Å². The smallest absolute Gasteiger partial charge is 0.339 e. The van der Waals surface area contributed by atoms with E-state index in [0.717, 1.165) is 15.6 Å². The van der Waals surface area contributed by atoms with Gasteiger partial charge in [0.15, 0.2) is 6.10 Å². The average Bonchev–Trinajstić information content (AvgIpc) is 3.26. The van der Waals surface area contributed by atoms with Gasteiger partial charge in [-0.15, -0.1) is 11.3 Å². The van der Waals surface area contributed by atoms with Gasteiger partial charge in [-0.3, -0.25) is 4.79 Å². The number of anilines is 1. The molecule has 0 saturated carbocycles. The summed E-state index contributed by atoms with van der Waals surface area (Å²) in [7, 11) is 0. The summed E-state index contributed by atoms with van der Waals surface area (Å²) in [5, 5.41) is 14.1. The second-order valence-corrected chi connectivity index (χ2v) is 7.87. The normalized spacial score (nSPS) is 15.1. The predicted octanol–water partition coefficient (Wildman–Crippen LogP) is 4.82. The molecule has 7 heteroatoms. The number of nitrogens with one attached hydrogen (secondary N) is 1. The zero-order chi connectivity index (χ0) is 19.0. The molecule has 1 aromatic heterocycles. The number of ether oxygens (including phenoxy) is 1. The first-order chi connectivity index (χ1) is 13.0. The summed E-state index contributed by atoms with van der Waals surface area (Å²) in [6.07, 6.45) is -0.200. The predicted molar refractivity (Wildman–Crippen MR) is 108 cm³/mol. The number of benzene rings is 2. The number of halogens is 1. The summed E-state index contributed by atoms with van der Waals surface area (Å²) < 4.78 is 6.59. The minimum Gasteiger partial charge on any atom is -0.480 e. The average molecular weight is 444 g/mol. The van der Waals surface area contributed by atoms with Crippen LogP contribution < -0.4 is 10.1 Å². The van der Waals surface area contributed by atoms with Crippen molar-refractivity contribution in [2.75, 3.05) is 5.32 Å². The van der Waals surface area contributed by atoms with Gasteiger partial charge in [-0.25, -0.2) is 4.79 Å². The van der Waals surface area contributed by atoms with Crippen LogP contribution in [0, 0.1) is 0 Å². The van der Waals surface area contributed by atoms with Crippen molar-refractivity contribution in [2.45, 2.75) is 12.5 Å². The highest BCUT2D eigenvalue weighted by Crippen LogP contribution is 2.37.